The number of hydrogen-bond acceptors (Lipinski definition) is 4. The molecule has 0 aliphatic rings. The van der Waals surface area contributed by atoms with Crippen LogP contribution in [0.1, 0.15) is 38.8 Å². The van der Waals surface area contributed by atoms with Crippen LogP contribution < -0.4 is 9.47 Å². The Labute approximate surface area is 150 Å². The van der Waals surface area contributed by atoms with Gasteiger partial charge in [0.15, 0.2) is 13.6 Å². The Morgan fingerprint density at radius 2 is 1.00 bits per heavy atom. The van der Waals surface area contributed by atoms with Crippen LogP contribution in [0.2, 0.25) is 0 Å². The second-order valence-electron chi connectivity index (χ2n) is 6.18. The smallest absolute Gasteiger partial charge is 0.189 e. The van der Waals surface area contributed by atoms with E-state index in [1.165, 1.54) is 11.1 Å². The van der Waals surface area contributed by atoms with Crippen molar-refractivity contribution < 1.29 is 18.9 Å². The van der Waals surface area contributed by atoms with E-state index >= 15 is 0 Å². The minimum Gasteiger partial charge on any atom is -0.468 e. The first-order chi connectivity index (χ1) is 12.1. The molecule has 0 saturated heterocycles. The van der Waals surface area contributed by atoms with Crippen LogP contribution >= 0.6 is 0 Å². The van der Waals surface area contributed by atoms with Crippen LogP contribution in [0.15, 0.2) is 48.5 Å². The maximum atomic E-state index is 5.53. The minimum absolute atomic E-state index is 0.114. The molecule has 0 saturated carbocycles. The SMILES string of the molecule is CCOCOc1ccc(C(C)(C)c2ccc(OCOCC)cc2)cc1. The number of hydrogen-bond donors (Lipinski definition) is 0. The summed E-state index contributed by atoms with van der Waals surface area (Å²) in [7, 11) is 0. The maximum absolute atomic E-state index is 5.53. The van der Waals surface area contributed by atoms with Crippen molar-refractivity contribution >= 4 is 0 Å². The van der Waals surface area contributed by atoms with E-state index in [0.717, 1.165) is 11.5 Å². The van der Waals surface area contributed by atoms with Gasteiger partial charge < -0.3 is 18.9 Å². The highest BCUT2D eigenvalue weighted by Gasteiger charge is 2.23. The van der Waals surface area contributed by atoms with Gasteiger partial charge in [0.25, 0.3) is 0 Å². The Bertz CT molecular complexity index is 562. The first-order valence-corrected chi connectivity index (χ1v) is 8.70. The molecule has 25 heavy (non-hydrogen) atoms. The fourth-order valence-corrected chi connectivity index (χ4v) is 2.49. The molecular formula is C21H28O4. The van der Waals surface area contributed by atoms with Gasteiger partial charge >= 0.3 is 0 Å². The molecule has 0 fully saturated rings. The number of rotatable bonds is 10. The molecule has 0 bridgehead atoms. The lowest BCUT2D eigenvalue weighted by molar-refractivity contribution is 0.0222. The zero-order chi connectivity index (χ0) is 18.1. The highest BCUT2D eigenvalue weighted by atomic mass is 16.7. The summed E-state index contributed by atoms with van der Waals surface area (Å²) in [5, 5.41) is 0. The fourth-order valence-electron chi connectivity index (χ4n) is 2.49. The molecule has 0 radical (unpaired) electrons. The zero-order valence-electron chi connectivity index (χ0n) is 15.6. The lowest BCUT2D eigenvalue weighted by atomic mass is 9.78. The van der Waals surface area contributed by atoms with Crippen molar-refractivity contribution in [1.82, 2.24) is 0 Å². The summed E-state index contributed by atoms with van der Waals surface area (Å²) >= 11 is 0. The van der Waals surface area contributed by atoms with Gasteiger partial charge in [-0.1, -0.05) is 38.1 Å². The highest BCUT2D eigenvalue weighted by Crippen LogP contribution is 2.33. The van der Waals surface area contributed by atoms with Gasteiger partial charge in [0.1, 0.15) is 11.5 Å². The first-order valence-electron chi connectivity index (χ1n) is 8.70. The van der Waals surface area contributed by atoms with Gasteiger partial charge in [-0.3, -0.25) is 0 Å². The van der Waals surface area contributed by atoms with Crippen molar-refractivity contribution in [3.05, 3.63) is 59.7 Å². The monoisotopic (exact) mass is 344 g/mol. The van der Waals surface area contributed by atoms with Crippen molar-refractivity contribution in [2.45, 2.75) is 33.1 Å². The van der Waals surface area contributed by atoms with E-state index in [1.807, 2.05) is 38.1 Å². The molecule has 0 aliphatic heterocycles. The van der Waals surface area contributed by atoms with E-state index in [-0.39, 0.29) is 19.0 Å². The van der Waals surface area contributed by atoms with Gasteiger partial charge in [-0.05, 0) is 49.2 Å². The van der Waals surface area contributed by atoms with Gasteiger partial charge in [0.05, 0.1) is 0 Å². The summed E-state index contributed by atoms with van der Waals surface area (Å²) in [6.45, 7) is 10.2. The molecule has 2 aromatic rings. The van der Waals surface area contributed by atoms with E-state index in [2.05, 4.69) is 38.1 Å². The average Bonchev–Trinajstić information content (AvgIpc) is 2.63. The minimum atomic E-state index is -0.114. The van der Waals surface area contributed by atoms with E-state index in [9.17, 15) is 0 Å². The van der Waals surface area contributed by atoms with Gasteiger partial charge in [-0.15, -0.1) is 0 Å². The standard InChI is InChI=1S/C21H28O4/c1-5-22-15-24-19-11-7-17(8-12-19)21(3,4)18-9-13-20(14-10-18)25-16-23-6-2/h7-14H,5-6,15-16H2,1-4H3. The van der Waals surface area contributed by atoms with Crippen LogP contribution in [0.25, 0.3) is 0 Å². The topological polar surface area (TPSA) is 36.9 Å². The molecule has 0 heterocycles. The predicted octanol–water partition coefficient (Wildman–Crippen LogP) is 4.76. The van der Waals surface area contributed by atoms with Crippen molar-refractivity contribution in [2.24, 2.45) is 0 Å². The van der Waals surface area contributed by atoms with Gasteiger partial charge in [-0.25, -0.2) is 0 Å². The normalized spacial score (nSPS) is 11.4. The molecule has 4 nitrogen and oxygen atoms in total. The van der Waals surface area contributed by atoms with Crippen LogP contribution in [0.5, 0.6) is 11.5 Å². The van der Waals surface area contributed by atoms with Crippen molar-refractivity contribution in [3.8, 4) is 11.5 Å². The Morgan fingerprint density at radius 1 is 0.640 bits per heavy atom. The van der Waals surface area contributed by atoms with Gasteiger partial charge in [-0.2, -0.15) is 0 Å². The summed E-state index contributed by atoms with van der Waals surface area (Å²) in [4.78, 5) is 0. The first kappa shape index (κ1) is 19.3. The molecule has 2 rings (SSSR count). The third kappa shape index (κ3) is 5.48. The summed E-state index contributed by atoms with van der Waals surface area (Å²) in [6, 6.07) is 16.3. The molecule has 0 N–H and O–H groups in total. The molecule has 0 atom stereocenters. The Morgan fingerprint density at radius 3 is 1.32 bits per heavy atom. The van der Waals surface area contributed by atoms with Crippen LogP contribution in [-0.2, 0) is 14.9 Å². The largest absolute Gasteiger partial charge is 0.468 e. The summed E-state index contributed by atoms with van der Waals surface area (Å²) < 4.78 is 21.5. The van der Waals surface area contributed by atoms with Crippen LogP contribution in [0, 0.1) is 0 Å². The zero-order valence-corrected chi connectivity index (χ0v) is 15.6. The Kier molecular flexibility index (Phi) is 7.29. The third-order valence-corrected chi connectivity index (χ3v) is 4.18. The van der Waals surface area contributed by atoms with E-state index < -0.39 is 0 Å². The molecule has 2 aromatic carbocycles. The van der Waals surface area contributed by atoms with Crippen LogP contribution in [-0.4, -0.2) is 26.8 Å². The molecule has 0 aromatic heterocycles. The van der Waals surface area contributed by atoms with E-state index in [4.69, 9.17) is 18.9 Å². The van der Waals surface area contributed by atoms with Crippen LogP contribution in [0.4, 0.5) is 0 Å². The molecule has 0 spiro atoms. The maximum Gasteiger partial charge on any atom is 0.189 e. The molecule has 136 valence electrons. The Balaban J connectivity index is 2.04. The summed E-state index contributed by atoms with van der Waals surface area (Å²) in [5.41, 5.74) is 2.33. The summed E-state index contributed by atoms with van der Waals surface area (Å²) in [6.07, 6.45) is 0. The van der Waals surface area contributed by atoms with Crippen molar-refractivity contribution in [1.29, 1.82) is 0 Å². The lowest BCUT2D eigenvalue weighted by Gasteiger charge is -2.26. The predicted molar refractivity (Wildman–Crippen MR) is 99.3 cm³/mol. The van der Waals surface area contributed by atoms with Crippen molar-refractivity contribution in [2.75, 3.05) is 26.8 Å². The number of benzene rings is 2. The highest BCUT2D eigenvalue weighted by molar-refractivity contribution is 5.41. The third-order valence-electron chi connectivity index (χ3n) is 4.18. The molecule has 0 amide bonds. The quantitative estimate of drug-likeness (QED) is 0.460. The molecule has 0 aliphatic carbocycles. The second kappa shape index (κ2) is 9.44. The van der Waals surface area contributed by atoms with E-state index in [1.54, 1.807) is 0 Å². The van der Waals surface area contributed by atoms with E-state index in [0.29, 0.717) is 13.2 Å². The second-order valence-corrected chi connectivity index (χ2v) is 6.18. The van der Waals surface area contributed by atoms with Crippen LogP contribution in [0.3, 0.4) is 0 Å². The number of ether oxygens (including phenoxy) is 4. The molecular weight excluding hydrogens is 316 g/mol. The fraction of sp³-hybridized carbons (Fsp3) is 0.429. The van der Waals surface area contributed by atoms with Crippen molar-refractivity contribution in [3.63, 3.8) is 0 Å². The average molecular weight is 344 g/mol. The lowest BCUT2D eigenvalue weighted by Crippen LogP contribution is -2.18. The molecule has 0 unspecified atom stereocenters. The molecule has 4 heteroatoms. The van der Waals surface area contributed by atoms with Gasteiger partial charge in [0, 0.05) is 18.6 Å². The van der Waals surface area contributed by atoms with Gasteiger partial charge in [0.2, 0.25) is 0 Å². The Hall–Kier alpha value is -2.04. The summed E-state index contributed by atoms with van der Waals surface area (Å²) in [5.74, 6) is 1.63.